The number of hydrogen-bond acceptors (Lipinski definition) is 7. The number of benzene rings is 2. The van der Waals surface area contributed by atoms with Crippen molar-refractivity contribution in [2.75, 3.05) is 33.4 Å². The van der Waals surface area contributed by atoms with Gasteiger partial charge in [0.05, 0.1) is 18.8 Å². The zero-order valence-electron chi connectivity index (χ0n) is 19.5. The molecule has 2 aromatic carbocycles. The van der Waals surface area contributed by atoms with Crippen LogP contribution in [0.3, 0.4) is 0 Å². The minimum Gasteiger partial charge on any atom is -0.465 e. The standard InChI is InChI=1S/C25H29N3O6/c1-4-33-22(29)16-28(13-14-32-3)24(30)17(2)15-18-5-7-20(8-6-18)25(31)34-21-11-9-19(10-12-21)23(26)27/h5-12,15H,4,13-14,16H2,1-3H3,(H3,26,27). The molecule has 0 aromatic heterocycles. The van der Waals surface area contributed by atoms with E-state index in [9.17, 15) is 14.4 Å². The minimum atomic E-state index is -0.543. The van der Waals surface area contributed by atoms with Gasteiger partial charge in [-0.05, 0) is 61.9 Å². The SMILES string of the molecule is CCOC(=O)CN(CCOC)C(=O)C(C)=Cc1ccc(C(=O)Oc2ccc(C(=N)N)cc2)cc1. The lowest BCUT2D eigenvalue weighted by Gasteiger charge is -2.21. The smallest absolute Gasteiger partial charge is 0.343 e. The predicted molar refractivity (Wildman–Crippen MR) is 128 cm³/mol. The van der Waals surface area contributed by atoms with Crippen LogP contribution >= 0.6 is 0 Å². The van der Waals surface area contributed by atoms with Gasteiger partial charge in [0.2, 0.25) is 5.91 Å². The van der Waals surface area contributed by atoms with E-state index in [0.717, 1.165) is 0 Å². The molecule has 9 nitrogen and oxygen atoms in total. The first-order valence-electron chi connectivity index (χ1n) is 10.6. The molecule has 0 bridgehead atoms. The molecule has 2 rings (SSSR count). The molecule has 0 saturated heterocycles. The summed E-state index contributed by atoms with van der Waals surface area (Å²) in [6.45, 7) is 3.95. The van der Waals surface area contributed by atoms with Crippen molar-refractivity contribution < 1.29 is 28.6 Å². The Labute approximate surface area is 198 Å². The predicted octanol–water partition coefficient (Wildman–Crippen LogP) is 2.63. The molecule has 0 fully saturated rings. The quantitative estimate of drug-likeness (QED) is 0.171. The third kappa shape index (κ3) is 7.86. The highest BCUT2D eigenvalue weighted by molar-refractivity contribution is 5.99. The number of carbonyl (C=O) groups excluding carboxylic acids is 3. The summed E-state index contributed by atoms with van der Waals surface area (Å²) in [5.74, 6) is -1.09. The van der Waals surface area contributed by atoms with Crippen molar-refractivity contribution in [2.24, 2.45) is 5.73 Å². The number of amidine groups is 1. The number of carbonyl (C=O) groups is 3. The Morgan fingerprint density at radius 1 is 1.03 bits per heavy atom. The van der Waals surface area contributed by atoms with Gasteiger partial charge in [-0.1, -0.05) is 12.1 Å². The topological polar surface area (TPSA) is 132 Å². The summed E-state index contributed by atoms with van der Waals surface area (Å²) >= 11 is 0. The van der Waals surface area contributed by atoms with Crippen LogP contribution in [0.15, 0.2) is 54.1 Å². The number of nitrogens with one attached hydrogen (secondary N) is 1. The molecule has 0 heterocycles. The van der Waals surface area contributed by atoms with Crippen LogP contribution in [0.1, 0.15) is 35.3 Å². The molecule has 0 aliphatic carbocycles. The van der Waals surface area contributed by atoms with Crippen LogP contribution in [-0.2, 0) is 19.1 Å². The average Bonchev–Trinajstić information content (AvgIpc) is 2.82. The second kappa shape index (κ2) is 12.9. The Kier molecular flexibility index (Phi) is 9.97. The van der Waals surface area contributed by atoms with Gasteiger partial charge in [0, 0.05) is 24.8 Å². The first-order chi connectivity index (χ1) is 16.2. The highest BCUT2D eigenvalue weighted by atomic mass is 16.5. The van der Waals surface area contributed by atoms with Crippen LogP contribution in [0, 0.1) is 5.41 Å². The fourth-order valence-corrected chi connectivity index (χ4v) is 2.96. The molecule has 1 amide bonds. The van der Waals surface area contributed by atoms with E-state index in [1.807, 2.05) is 0 Å². The van der Waals surface area contributed by atoms with Gasteiger partial charge in [-0.2, -0.15) is 0 Å². The van der Waals surface area contributed by atoms with Crippen molar-refractivity contribution in [2.45, 2.75) is 13.8 Å². The molecule has 3 N–H and O–H groups in total. The van der Waals surface area contributed by atoms with E-state index >= 15 is 0 Å². The zero-order valence-corrected chi connectivity index (χ0v) is 19.5. The molecule has 34 heavy (non-hydrogen) atoms. The fraction of sp³-hybridized carbons (Fsp3) is 0.280. The third-order valence-electron chi connectivity index (χ3n) is 4.72. The van der Waals surface area contributed by atoms with Crippen molar-refractivity contribution in [3.63, 3.8) is 0 Å². The third-order valence-corrected chi connectivity index (χ3v) is 4.72. The maximum atomic E-state index is 12.8. The summed E-state index contributed by atoms with van der Waals surface area (Å²) < 4.78 is 15.3. The molecule has 9 heteroatoms. The molecule has 180 valence electrons. The monoisotopic (exact) mass is 467 g/mol. The summed E-state index contributed by atoms with van der Waals surface area (Å²) in [5.41, 5.74) is 7.40. The molecule has 0 aliphatic heterocycles. The van der Waals surface area contributed by atoms with Crippen LogP contribution in [0.2, 0.25) is 0 Å². The molecule has 0 unspecified atom stereocenters. The van der Waals surface area contributed by atoms with Crippen LogP contribution in [0.4, 0.5) is 0 Å². The van der Waals surface area contributed by atoms with Crippen LogP contribution in [-0.4, -0.2) is 62.0 Å². The average molecular weight is 468 g/mol. The highest BCUT2D eigenvalue weighted by Crippen LogP contribution is 2.16. The highest BCUT2D eigenvalue weighted by Gasteiger charge is 2.19. The Morgan fingerprint density at radius 3 is 2.21 bits per heavy atom. The van der Waals surface area contributed by atoms with Crippen molar-refractivity contribution >= 4 is 29.8 Å². The molecular formula is C25H29N3O6. The number of nitrogens with zero attached hydrogens (tertiary/aromatic N) is 1. The molecular weight excluding hydrogens is 438 g/mol. The van der Waals surface area contributed by atoms with Gasteiger partial charge in [0.15, 0.2) is 0 Å². The van der Waals surface area contributed by atoms with E-state index in [0.29, 0.717) is 28.0 Å². The molecule has 0 aliphatic rings. The number of nitrogens with two attached hydrogens (primary N) is 1. The fourth-order valence-electron chi connectivity index (χ4n) is 2.96. The number of nitrogen functional groups attached to an aromatic ring is 1. The van der Waals surface area contributed by atoms with Crippen molar-refractivity contribution in [1.29, 1.82) is 5.41 Å². The second-order valence-electron chi connectivity index (χ2n) is 7.30. The number of rotatable bonds is 11. The van der Waals surface area contributed by atoms with Gasteiger partial charge in [0.1, 0.15) is 18.1 Å². The van der Waals surface area contributed by atoms with Crippen molar-refractivity contribution in [1.82, 2.24) is 4.90 Å². The van der Waals surface area contributed by atoms with E-state index < -0.39 is 11.9 Å². The van der Waals surface area contributed by atoms with E-state index in [4.69, 9.17) is 25.4 Å². The maximum absolute atomic E-state index is 12.8. The van der Waals surface area contributed by atoms with Crippen LogP contribution < -0.4 is 10.5 Å². The van der Waals surface area contributed by atoms with Gasteiger partial charge >= 0.3 is 11.9 Å². The summed E-state index contributed by atoms with van der Waals surface area (Å²) in [4.78, 5) is 38.5. The van der Waals surface area contributed by atoms with Gasteiger partial charge in [-0.3, -0.25) is 15.0 Å². The maximum Gasteiger partial charge on any atom is 0.343 e. The van der Waals surface area contributed by atoms with Gasteiger partial charge in [0.25, 0.3) is 0 Å². The summed E-state index contributed by atoms with van der Waals surface area (Å²) in [7, 11) is 1.52. The van der Waals surface area contributed by atoms with Crippen molar-refractivity contribution in [3.8, 4) is 5.75 Å². The molecule has 0 radical (unpaired) electrons. The van der Waals surface area contributed by atoms with E-state index in [2.05, 4.69) is 0 Å². The Bertz CT molecular complexity index is 1050. The zero-order chi connectivity index (χ0) is 25.1. The second-order valence-corrected chi connectivity index (χ2v) is 7.30. The van der Waals surface area contributed by atoms with Crippen LogP contribution in [0.25, 0.3) is 6.08 Å². The molecule has 0 atom stereocenters. The molecule has 2 aromatic rings. The molecule has 0 spiro atoms. The lowest BCUT2D eigenvalue weighted by Crippen LogP contribution is -2.39. The number of ether oxygens (including phenoxy) is 3. The first-order valence-corrected chi connectivity index (χ1v) is 10.6. The Morgan fingerprint density at radius 2 is 1.65 bits per heavy atom. The lowest BCUT2D eigenvalue weighted by atomic mass is 10.1. The Balaban J connectivity index is 2.07. The Hall–Kier alpha value is -3.98. The summed E-state index contributed by atoms with van der Waals surface area (Å²) in [6, 6.07) is 12.9. The summed E-state index contributed by atoms with van der Waals surface area (Å²) in [5, 5.41) is 7.39. The lowest BCUT2D eigenvalue weighted by molar-refractivity contribution is -0.148. The first kappa shape index (κ1) is 26.3. The van der Waals surface area contributed by atoms with Crippen molar-refractivity contribution in [3.05, 3.63) is 70.8 Å². The van der Waals surface area contributed by atoms with E-state index in [1.165, 1.54) is 12.0 Å². The van der Waals surface area contributed by atoms with E-state index in [-0.39, 0.29) is 38.0 Å². The number of esters is 2. The largest absolute Gasteiger partial charge is 0.465 e. The number of hydrogen-bond donors (Lipinski definition) is 2. The van der Waals surface area contributed by atoms with E-state index in [1.54, 1.807) is 68.5 Å². The number of methoxy groups -OCH3 is 1. The number of amides is 1. The molecule has 0 saturated carbocycles. The summed E-state index contributed by atoms with van der Waals surface area (Å²) in [6.07, 6.45) is 1.67. The van der Waals surface area contributed by atoms with Gasteiger partial charge in [-0.15, -0.1) is 0 Å². The van der Waals surface area contributed by atoms with Crippen LogP contribution in [0.5, 0.6) is 5.75 Å². The normalized spacial score (nSPS) is 11.0. The van der Waals surface area contributed by atoms with Gasteiger partial charge < -0.3 is 24.8 Å². The minimum absolute atomic E-state index is 0.0713. The van der Waals surface area contributed by atoms with Gasteiger partial charge in [-0.25, -0.2) is 4.79 Å².